The Labute approximate surface area is 203 Å². The monoisotopic (exact) mass is 474 g/mol. The molecule has 0 aliphatic carbocycles. The van der Waals surface area contributed by atoms with Crippen LogP contribution in [0, 0.1) is 0 Å². The molecule has 0 saturated carbocycles. The number of carbonyl (C=O) groups excluding carboxylic acids is 2. The van der Waals surface area contributed by atoms with Gasteiger partial charge < -0.3 is 18.9 Å². The van der Waals surface area contributed by atoms with E-state index in [1.807, 2.05) is 12.1 Å². The number of ether oxygens (including phenoxy) is 4. The zero-order chi connectivity index (χ0) is 25.0. The molecule has 0 spiro atoms. The molecule has 35 heavy (non-hydrogen) atoms. The summed E-state index contributed by atoms with van der Waals surface area (Å²) < 4.78 is 21.4. The molecule has 1 N–H and O–H groups in total. The van der Waals surface area contributed by atoms with E-state index in [9.17, 15) is 9.59 Å². The Morgan fingerprint density at radius 2 is 1.74 bits per heavy atom. The van der Waals surface area contributed by atoms with E-state index in [0.717, 1.165) is 5.56 Å². The highest BCUT2D eigenvalue weighted by Gasteiger charge is 2.10. The van der Waals surface area contributed by atoms with Gasteiger partial charge in [0.15, 0.2) is 18.1 Å². The van der Waals surface area contributed by atoms with Gasteiger partial charge in [0.1, 0.15) is 11.5 Å². The highest BCUT2D eigenvalue weighted by atomic mass is 16.5. The molecule has 8 nitrogen and oxygen atoms in total. The normalized spacial score (nSPS) is 10.5. The van der Waals surface area contributed by atoms with Crippen LogP contribution >= 0.6 is 0 Å². The van der Waals surface area contributed by atoms with Crippen molar-refractivity contribution in [1.29, 1.82) is 0 Å². The van der Waals surface area contributed by atoms with Crippen molar-refractivity contribution in [2.75, 3.05) is 20.8 Å². The minimum Gasteiger partial charge on any atom is -0.497 e. The minimum absolute atomic E-state index is 0.242. The molecule has 0 unspecified atom stereocenters. The minimum atomic E-state index is -0.500. The summed E-state index contributed by atoms with van der Waals surface area (Å²) in [6.07, 6.45) is 3.93. The maximum absolute atomic E-state index is 12.3. The maximum atomic E-state index is 12.3. The molecule has 3 rings (SSSR count). The van der Waals surface area contributed by atoms with Gasteiger partial charge in [-0.2, -0.15) is 5.10 Å². The molecule has 3 aromatic carbocycles. The van der Waals surface area contributed by atoms with Gasteiger partial charge in [-0.25, -0.2) is 10.2 Å². The quantitative estimate of drug-likeness (QED) is 0.147. The first-order valence-corrected chi connectivity index (χ1v) is 10.7. The van der Waals surface area contributed by atoms with Crippen LogP contribution in [-0.4, -0.2) is 38.9 Å². The first-order chi connectivity index (χ1) is 17.0. The van der Waals surface area contributed by atoms with Crippen LogP contribution in [0.3, 0.4) is 0 Å². The lowest BCUT2D eigenvalue weighted by molar-refractivity contribution is -0.123. The fourth-order valence-electron chi connectivity index (χ4n) is 3.03. The van der Waals surface area contributed by atoms with Crippen molar-refractivity contribution in [3.63, 3.8) is 0 Å². The first-order valence-electron chi connectivity index (χ1n) is 10.7. The number of rotatable bonds is 11. The summed E-state index contributed by atoms with van der Waals surface area (Å²) in [7, 11) is 3.09. The standard InChI is InChI=1S/C27H26N2O6/c1-4-6-19-9-14-24(25(16-19)33-3)34-18-26(30)29-28-17-20-7-5-8-23(15-20)35-27(31)21-10-12-22(32-2)13-11-21/h4-5,7-17H,1,6,18H2,2-3H3,(H,29,30)/b28-17+. The molecule has 0 bridgehead atoms. The van der Waals surface area contributed by atoms with Gasteiger partial charge in [-0.05, 0) is 66.1 Å². The summed E-state index contributed by atoms with van der Waals surface area (Å²) in [6, 6.07) is 18.8. The molecule has 0 saturated heterocycles. The molecule has 0 fully saturated rings. The van der Waals surface area contributed by atoms with Crippen molar-refractivity contribution < 1.29 is 28.5 Å². The Hall–Kier alpha value is -4.59. The second kappa shape index (κ2) is 12.6. The van der Waals surface area contributed by atoms with Gasteiger partial charge in [0, 0.05) is 0 Å². The summed E-state index contributed by atoms with van der Waals surface area (Å²) in [5.74, 6) is 1.03. The predicted octanol–water partition coefficient (Wildman–Crippen LogP) is 4.18. The van der Waals surface area contributed by atoms with E-state index >= 15 is 0 Å². The molecule has 0 aliphatic heterocycles. The largest absolute Gasteiger partial charge is 0.497 e. The Bertz CT molecular complexity index is 1200. The van der Waals surface area contributed by atoms with E-state index in [1.54, 1.807) is 67.8 Å². The third kappa shape index (κ3) is 7.46. The third-order valence-corrected chi connectivity index (χ3v) is 4.76. The number of hydrazone groups is 1. The summed E-state index contributed by atoms with van der Waals surface area (Å²) in [6.45, 7) is 3.47. The lowest BCUT2D eigenvalue weighted by Crippen LogP contribution is -2.24. The Morgan fingerprint density at radius 1 is 0.943 bits per heavy atom. The summed E-state index contributed by atoms with van der Waals surface area (Å²) in [5.41, 5.74) is 4.45. The summed E-state index contributed by atoms with van der Waals surface area (Å²) >= 11 is 0. The van der Waals surface area contributed by atoms with Crippen LogP contribution in [0.2, 0.25) is 0 Å². The maximum Gasteiger partial charge on any atom is 0.343 e. The van der Waals surface area contributed by atoms with Gasteiger partial charge in [0.2, 0.25) is 0 Å². The number of carbonyl (C=O) groups is 2. The number of benzene rings is 3. The Morgan fingerprint density at radius 3 is 2.46 bits per heavy atom. The Balaban J connectivity index is 1.52. The fraction of sp³-hybridized carbons (Fsp3) is 0.148. The number of esters is 1. The van der Waals surface area contributed by atoms with Crippen LogP contribution < -0.4 is 24.4 Å². The SMILES string of the molecule is C=CCc1ccc(OCC(=O)N/N=C/c2cccc(OC(=O)c3ccc(OC)cc3)c2)c(OC)c1. The lowest BCUT2D eigenvalue weighted by atomic mass is 10.1. The van der Waals surface area contributed by atoms with Crippen LogP contribution in [-0.2, 0) is 11.2 Å². The number of nitrogens with zero attached hydrogens (tertiary/aromatic N) is 1. The number of amides is 1. The van der Waals surface area contributed by atoms with Gasteiger partial charge >= 0.3 is 5.97 Å². The van der Waals surface area contributed by atoms with Crippen molar-refractivity contribution in [3.05, 3.63) is 96.1 Å². The number of hydrogen-bond donors (Lipinski definition) is 1. The van der Waals surface area contributed by atoms with Crippen molar-refractivity contribution in [1.82, 2.24) is 5.43 Å². The molecule has 1 amide bonds. The van der Waals surface area contributed by atoms with Crippen LogP contribution in [0.1, 0.15) is 21.5 Å². The summed E-state index contributed by atoms with van der Waals surface area (Å²) in [4.78, 5) is 24.4. The van der Waals surface area contributed by atoms with Crippen LogP contribution in [0.4, 0.5) is 0 Å². The molecule has 0 aromatic heterocycles. The molecule has 0 atom stereocenters. The number of methoxy groups -OCH3 is 2. The van der Waals surface area contributed by atoms with E-state index in [4.69, 9.17) is 18.9 Å². The number of hydrogen-bond acceptors (Lipinski definition) is 7. The van der Waals surface area contributed by atoms with Crippen LogP contribution in [0.15, 0.2) is 84.5 Å². The van der Waals surface area contributed by atoms with Gasteiger partial charge in [-0.15, -0.1) is 6.58 Å². The van der Waals surface area contributed by atoms with Gasteiger partial charge in [0.05, 0.1) is 26.0 Å². The smallest absolute Gasteiger partial charge is 0.343 e. The average molecular weight is 475 g/mol. The van der Waals surface area contributed by atoms with Crippen molar-refractivity contribution in [2.24, 2.45) is 5.10 Å². The van der Waals surface area contributed by atoms with Crippen molar-refractivity contribution in [2.45, 2.75) is 6.42 Å². The summed E-state index contributed by atoms with van der Waals surface area (Å²) in [5, 5.41) is 3.93. The predicted molar refractivity (Wildman–Crippen MR) is 133 cm³/mol. The van der Waals surface area contributed by atoms with E-state index in [-0.39, 0.29) is 6.61 Å². The van der Waals surface area contributed by atoms with Gasteiger partial charge in [-0.1, -0.05) is 24.3 Å². The second-order valence-corrected chi connectivity index (χ2v) is 7.25. The molecule has 3 aromatic rings. The third-order valence-electron chi connectivity index (χ3n) is 4.76. The molecular formula is C27H26N2O6. The first kappa shape index (κ1) is 25.0. The van der Waals surface area contributed by atoms with Crippen LogP contribution in [0.5, 0.6) is 23.0 Å². The van der Waals surface area contributed by atoms with E-state index in [0.29, 0.717) is 40.5 Å². The lowest BCUT2D eigenvalue weighted by Gasteiger charge is -2.11. The molecule has 0 radical (unpaired) electrons. The van der Waals surface area contributed by atoms with E-state index in [2.05, 4.69) is 17.1 Å². The Kier molecular flexibility index (Phi) is 9.01. The molecule has 180 valence electrons. The highest BCUT2D eigenvalue weighted by molar-refractivity contribution is 5.91. The second-order valence-electron chi connectivity index (χ2n) is 7.25. The van der Waals surface area contributed by atoms with Crippen LogP contribution in [0.25, 0.3) is 0 Å². The molecule has 0 aliphatic rings. The van der Waals surface area contributed by atoms with Crippen molar-refractivity contribution in [3.8, 4) is 23.0 Å². The molecule has 8 heteroatoms. The van der Waals surface area contributed by atoms with Gasteiger partial charge in [0.25, 0.3) is 5.91 Å². The number of nitrogens with one attached hydrogen (secondary N) is 1. The molecule has 0 heterocycles. The zero-order valence-electron chi connectivity index (χ0n) is 19.5. The van der Waals surface area contributed by atoms with Gasteiger partial charge in [-0.3, -0.25) is 4.79 Å². The van der Waals surface area contributed by atoms with Crippen molar-refractivity contribution >= 4 is 18.1 Å². The van der Waals surface area contributed by atoms with E-state index in [1.165, 1.54) is 13.3 Å². The topological polar surface area (TPSA) is 95.5 Å². The number of allylic oxidation sites excluding steroid dienone is 1. The van der Waals surface area contributed by atoms with E-state index < -0.39 is 11.9 Å². The average Bonchev–Trinajstić information content (AvgIpc) is 2.88. The zero-order valence-corrected chi connectivity index (χ0v) is 19.5. The fourth-order valence-corrected chi connectivity index (χ4v) is 3.03. The highest BCUT2D eigenvalue weighted by Crippen LogP contribution is 2.28. The molecular weight excluding hydrogens is 448 g/mol.